The van der Waals surface area contributed by atoms with Crippen molar-refractivity contribution in [1.29, 1.82) is 0 Å². The number of nitrogens with zero attached hydrogens (tertiary/aromatic N) is 3. The molecule has 1 aliphatic rings. The zero-order valence-electron chi connectivity index (χ0n) is 22.7. The molecule has 1 heterocycles. The van der Waals surface area contributed by atoms with E-state index in [0.717, 1.165) is 27.9 Å². The summed E-state index contributed by atoms with van der Waals surface area (Å²) in [6.07, 6.45) is -3.53. The molecule has 0 saturated heterocycles. The van der Waals surface area contributed by atoms with E-state index >= 15 is 0 Å². The molecular formula is C29H28Cl2F5N3O3. The molecule has 226 valence electrons. The molecule has 4 rings (SSSR count). The molecule has 1 aliphatic carbocycles. The highest BCUT2D eigenvalue weighted by Gasteiger charge is 2.44. The summed E-state index contributed by atoms with van der Waals surface area (Å²) < 4.78 is 72.4. The summed E-state index contributed by atoms with van der Waals surface area (Å²) in [6, 6.07) is 6.67. The van der Waals surface area contributed by atoms with Crippen molar-refractivity contribution in [2.75, 3.05) is 6.54 Å². The molecule has 3 aromatic rings. The van der Waals surface area contributed by atoms with Crippen LogP contribution in [0.5, 0.6) is 0 Å². The van der Waals surface area contributed by atoms with Gasteiger partial charge in [-0.05, 0) is 61.1 Å². The Morgan fingerprint density at radius 1 is 1.02 bits per heavy atom. The quantitative estimate of drug-likeness (QED) is 0.256. The number of aliphatic carboxylic acids is 1. The Bertz CT molecular complexity index is 1440. The number of alkyl halides is 3. The largest absolute Gasteiger partial charge is 0.481 e. The van der Waals surface area contributed by atoms with Crippen molar-refractivity contribution < 1.29 is 36.6 Å². The van der Waals surface area contributed by atoms with Crippen LogP contribution >= 0.6 is 23.2 Å². The maximum Gasteiger partial charge on any atom is 0.433 e. The second-order valence-electron chi connectivity index (χ2n) is 11.1. The van der Waals surface area contributed by atoms with Crippen LogP contribution in [0, 0.1) is 17.6 Å². The summed E-state index contributed by atoms with van der Waals surface area (Å²) in [6.45, 7) is 2.74. The topological polar surface area (TPSA) is 75.4 Å². The second-order valence-corrected chi connectivity index (χ2v) is 11.9. The van der Waals surface area contributed by atoms with E-state index in [-0.39, 0.29) is 47.8 Å². The lowest BCUT2D eigenvalue weighted by Gasteiger charge is -2.34. The molecule has 0 radical (unpaired) electrons. The van der Waals surface area contributed by atoms with E-state index in [9.17, 15) is 36.6 Å². The van der Waals surface area contributed by atoms with Crippen LogP contribution in [0.2, 0.25) is 10.0 Å². The molecular weight excluding hydrogens is 604 g/mol. The van der Waals surface area contributed by atoms with Crippen molar-refractivity contribution in [2.45, 2.75) is 63.7 Å². The fraction of sp³-hybridized carbons (Fsp3) is 0.414. The molecule has 0 atom stereocenters. The van der Waals surface area contributed by atoms with Crippen molar-refractivity contribution in [3.05, 3.63) is 86.7 Å². The van der Waals surface area contributed by atoms with E-state index in [1.165, 1.54) is 0 Å². The monoisotopic (exact) mass is 631 g/mol. The molecule has 1 amide bonds. The summed E-state index contributed by atoms with van der Waals surface area (Å²) in [5.41, 5.74) is -2.55. The third kappa shape index (κ3) is 6.89. The summed E-state index contributed by atoms with van der Waals surface area (Å²) in [7, 11) is 0. The van der Waals surface area contributed by atoms with Crippen LogP contribution in [0.4, 0.5) is 22.0 Å². The van der Waals surface area contributed by atoms with Crippen LogP contribution in [-0.2, 0) is 22.9 Å². The van der Waals surface area contributed by atoms with E-state index in [0.29, 0.717) is 11.6 Å². The SMILES string of the molecule is CC(C)(CN(Cc1cc(F)cc(F)c1)C(=O)c1cnn(C2CCC(C(=O)O)CC2)c1C(F)(F)F)c1c(Cl)cccc1Cl. The molecule has 1 saturated carbocycles. The predicted molar refractivity (Wildman–Crippen MR) is 146 cm³/mol. The first-order valence-electron chi connectivity index (χ1n) is 13.1. The average molecular weight is 632 g/mol. The number of rotatable bonds is 8. The van der Waals surface area contributed by atoms with Gasteiger partial charge in [0.1, 0.15) is 11.6 Å². The number of hydrogen-bond acceptors (Lipinski definition) is 3. The van der Waals surface area contributed by atoms with Gasteiger partial charge in [-0.25, -0.2) is 8.78 Å². The van der Waals surface area contributed by atoms with Crippen LogP contribution in [0.3, 0.4) is 0 Å². The highest BCUT2D eigenvalue weighted by atomic mass is 35.5. The van der Waals surface area contributed by atoms with Gasteiger partial charge in [0.15, 0.2) is 5.69 Å². The standard InChI is InChI=1S/C29H28Cl2F5N3O3/c1-28(2,24-22(30)4-3-5-23(24)31)15-38(14-16-10-18(32)12-19(33)11-16)26(40)21-13-37-39(25(21)29(34,35)36)20-8-6-17(7-9-20)27(41)42/h3-5,10-13,17,20H,6-9,14-15H2,1-2H3,(H,41,42). The highest BCUT2D eigenvalue weighted by molar-refractivity contribution is 6.36. The van der Waals surface area contributed by atoms with Crippen LogP contribution in [0.25, 0.3) is 0 Å². The molecule has 42 heavy (non-hydrogen) atoms. The first kappa shape index (κ1) is 31.7. The predicted octanol–water partition coefficient (Wildman–Crippen LogP) is 7.92. The minimum Gasteiger partial charge on any atom is -0.481 e. The summed E-state index contributed by atoms with van der Waals surface area (Å²) in [5.74, 6) is -4.55. The number of benzene rings is 2. The number of carboxylic acids is 1. The Kier molecular flexibility index (Phi) is 9.22. The van der Waals surface area contributed by atoms with E-state index in [2.05, 4.69) is 5.10 Å². The molecule has 0 aliphatic heterocycles. The molecule has 6 nitrogen and oxygen atoms in total. The Morgan fingerprint density at radius 2 is 1.60 bits per heavy atom. The van der Waals surface area contributed by atoms with Crippen molar-refractivity contribution in [1.82, 2.24) is 14.7 Å². The fourth-order valence-corrected chi connectivity index (χ4v) is 6.55. The molecule has 0 spiro atoms. The van der Waals surface area contributed by atoms with Gasteiger partial charge in [-0.2, -0.15) is 18.3 Å². The van der Waals surface area contributed by atoms with Crippen molar-refractivity contribution in [3.63, 3.8) is 0 Å². The molecule has 2 aromatic carbocycles. The van der Waals surface area contributed by atoms with E-state index in [1.54, 1.807) is 32.0 Å². The zero-order chi connectivity index (χ0) is 31.0. The molecule has 1 fully saturated rings. The summed E-state index contributed by atoms with van der Waals surface area (Å²) >= 11 is 12.8. The van der Waals surface area contributed by atoms with Gasteiger partial charge in [0.05, 0.1) is 23.7 Å². The minimum absolute atomic E-state index is 0.0230. The first-order chi connectivity index (χ1) is 19.6. The van der Waals surface area contributed by atoms with E-state index in [1.807, 2.05) is 0 Å². The lowest BCUT2D eigenvalue weighted by atomic mass is 9.83. The fourth-order valence-electron chi connectivity index (χ4n) is 5.64. The number of carbonyl (C=O) groups excluding carboxylic acids is 1. The number of aromatic nitrogens is 2. The third-order valence-corrected chi connectivity index (χ3v) is 8.12. The van der Waals surface area contributed by atoms with Crippen LogP contribution in [-0.4, -0.2) is 38.2 Å². The van der Waals surface area contributed by atoms with Crippen molar-refractivity contribution >= 4 is 35.1 Å². The van der Waals surface area contributed by atoms with Crippen LogP contribution in [0.1, 0.15) is 72.8 Å². The van der Waals surface area contributed by atoms with Crippen molar-refractivity contribution in [2.24, 2.45) is 5.92 Å². The second kappa shape index (κ2) is 12.2. The van der Waals surface area contributed by atoms with Gasteiger partial charge < -0.3 is 10.0 Å². The van der Waals surface area contributed by atoms with Gasteiger partial charge in [-0.15, -0.1) is 0 Å². The molecule has 1 N–H and O–H groups in total. The van der Waals surface area contributed by atoms with Gasteiger partial charge >= 0.3 is 12.1 Å². The Balaban J connectivity index is 1.76. The maximum absolute atomic E-state index is 14.5. The Hall–Kier alpha value is -3.18. The summed E-state index contributed by atoms with van der Waals surface area (Å²) in [5, 5.41) is 13.8. The molecule has 13 heteroatoms. The minimum atomic E-state index is -4.98. The van der Waals surface area contributed by atoms with Gasteiger partial charge in [-0.1, -0.05) is 43.1 Å². The van der Waals surface area contributed by atoms with Gasteiger partial charge in [0.2, 0.25) is 0 Å². The van der Waals surface area contributed by atoms with Crippen molar-refractivity contribution in [3.8, 4) is 0 Å². The number of carboxylic acid groups (broad SMARTS) is 1. The number of halogens is 7. The smallest absolute Gasteiger partial charge is 0.433 e. The number of amides is 1. The molecule has 0 bridgehead atoms. The highest BCUT2D eigenvalue weighted by Crippen LogP contribution is 2.40. The van der Waals surface area contributed by atoms with E-state index < -0.39 is 64.9 Å². The van der Waals surface area contributed by atoms with Gasteiger partial charge in [-0.3, -0.25) is 14.3 Å². The van der Waals surface area contributed by atoms with Gasteiger partial charge in [0, 0.05) is 34.6 Å². The first-order valence-corrected chi connectivity index (χ1v) is 13.9. The lowest BCUT2D eigenvalue weighted by molar-refractivity contribution is -0.147. The lowest BCUT2D eigenvalue weighted by Crippen LogP contribution is -2.41. The average Bonchev–Trinajstić information content (AvgIpc) is 3.33. The van der Waals surface area contributed by atoms with E-state index in [4.69, 9.17) is 23.2 Å². The molecule has 1 aromatic heterocycles. The molecule has 0 unspecified atom stereocenters. The summed E-state index contributed by atoms with van der Waals surface area (Å²) in [4.78, 5) is 26.3. The zero-order valence-corrected chi connectivity index (χ0v) is 24.2. The third-order valence-electron chi connectivity index (χ3n) is 7.49. The Morgan fingerprint density at radius 3 is 2.12 bits per heavy atom. The van der Waals surface area contributed by atoms with Crippen LogP contribution < -0.4 is 0 Å². The van der Waals surface area contributed by atoms with Gasteiger partial charge in [0.25, 0.3) is 5.91 Å². The number of carbonyl (C=O) groups is 2. The normalized spacial score (nSPS) is 17.7. The Labute approximate surface area is 249 Å². The van der Waals surface area contributed by atoms with Crippen LogP contribution in [0.15, 0.2) is 42.6 Å². The maximum atomic E-state index is 14.5. The number of hydrogen-bond donors (Lipinski definition) is 1.